The van der Waals surface area contributed by atoms with Gasteiger partial charge in [-0.25, -0.2) is 4.68 Å². The predicted octanol–water partition coefficient (Wildman–Crippen LogP) is 2.72. The lowest BCUT2D eigenvalue weighted by molar-refractivity contribution is -0.125. The van der Waals surface area contributed by atoms with Crippen molar-refractivity contribution < 1.29 is 19.0 Å². The van der Waals surface area contributed by atoms with Gasteiger partial charge in [-0.2, -0.15) is 5.10 Å². The summed E-state index contributed by atoms with van der Waals surface area (Å²) in [6.07, 6.45) is 0.927. The molecule has 1 atom stereocenters. The van der Waals surface area contributed by atoms with E-state index in [0.717, 1.165) is 11.3 Å². The van der Waals surface area contributed by atoms with Crippen LogP contribution < -0.4 is 19.5 Å². The van der Waals surface area contributed by atoms with Crippen molar-refractivity contribution >= 4 is 11.7 Å². The number of rotatable bonds is 5. The van der Waals surface area contributed by atoms with E-state index in [2.05, 4.69) is 10.4 Å². The van der Waals surface area contributed by atoms with E-state index in [1.165, 1.54) is 0 Å². The minimum atomic E-state index is -0.718. The fourth-order valence-electron chi connectivity index (χ4n) is 2.82. The number of hydrogen-bond acceptors (Lipinski definition) is 5. The number of fused-ring (bicyclic) bond motifs is 1. The molecule has 0 spiro atoms. The highest BCUT2D eigenvalue weighted by Gasteiger charge is 2.27. The van der Waals surface area contributed by atoms with Crippen LogP contribution in [0.5, 0.6) is 17.2 Å². The Labute approximate surface area is 156 Å². The molecule has 1 aliphatic heterocycles. The number of nitrogens with one attached hydrogen (secondary N) is 1. The Morgan fingerprint density at radius 3 is 2.74 bits per heavy atom. The van der Waals surface area contributed by atoms with E-state index in [1.807, 2.05) is 42.5 Å². The molecule has 0 saturated carbocycles. The number of ether oxygens (including phenoxy) is 3. The summed E-state index contributed by atoms with van der Waals surface area (Å²) in [6, 6.07) is 16.7. The molecule has 0 bridgehead atoms. The summed E-state index contributed by atoms with van der Waals surface area (Å²) in [6.45, 7) is 0.687. The standard InChI is InChI=1S/C20H19N3O4/c1-25-15-8-6-14(7-9-15)12-23-19(10-11-21-23)22-20(24)18-13-26-16-4-2-3-5-17(16)27-18/h2-11,18H,12-13H2,1H3,(H,22,24)/t18-/m1/s1. The van der Waals surface area contributed by atoms with Crippen LogP contribution in [0.1, 0.15) is 5.56 Å². The topological polar surface area (TPSA) is 74.6 Å². The van der Waals surface area contributed by atoms with Crippen LogP contribution in [0.15, 0.2) is 60.8 Å². The molecule has 3 aromatic rings. The van der Waals surface area contributed by atoms with Gasteiger partial charge in [-0.05, 0) is 29.8 Å². The van der Waals surface area contributed by atoms with Gasteiger partial charge in [-0.1, -0.05) is 24.3 Å². The lowest BCUT2D eigenvalue weighted by Crippen LogP contribution is -2.40. The molecule has 7 nitrogen and oxygen atoms in total. The molecule has 2 aromatic carbocycles. The monoisotopic (exact) mass is 365 g/mol. The van der Waals surface area contributed by atoms with E-state index in [1.54, 1.807) is 30.1 Å². The van der Waals surface area contributed by atoms with E-state index in [0.29, 0.717) is 23.9 Å². The first-order valence-corrected chi connectivity index (χ1v) is 8.57. The van der Waals surface area contributed by atoms with E-state index >= 15 is 0 Å². The van der Waals surface area contributed by atoms with Gasteiger partial charge in [-0.15, -0.1) is 0 Å². The van der Waals surface area contributed by atoms with Crippen LogP contribution in [0, 0.1) is 0 Å². The quantitative estimate of drug-likeness (QED) is 0.752. The maximum absolute atomic E-state index is 12.6. The fraction of sp³-hybridized carbons (Fsp3) is 0.200. The van der Waals surface area contributed by atoms with Gasteiger partial charge in [0.1, 0.15) is 18.2 Å². The van der Waals surface area contributed by atoms with Crippen molar-refractivity contribution in [1.29, 1.82) is 0 Å². The molecule has 7 heteroatoms. The van der Waals surface area contributed by atoms with E-state index in [9.17, 15) is 4.79 Å². The van der Waals surface area contributed by atoms with Crippen molar-refractivity contribution in [3.8, 4) is 17.2 Å². The fourth-order valence-corrected chi connectivity index (χ4v) is 2.82. The number of carbonyl (C=O) groups is 1. The van der Waals surface area contributed by atoms with Crippen LogP contribution in [0.4, 0.5) is 5.82 Å². The molecule has 0 fully saturated rings. The van der Waals surface area contributed by atoms with E-state index < -0.39 is 6.10 Å². The maximum Gasteiger partial charge on any atom is 0.270 e. The van der Waals surface area contributed by atoms with Gasteiger partial charge in [0.25, 0.3) is 5.91 Å². The predicted molar refractivity (Wildman–Crippen MR) is 99.3 cm³/mol. The molecule has 2 heterocycles. The molecule has 1 aliphatic rings. The van der Waals surface area contributed by atoms with Crippen molar-refractivity contribution in [2.24, 2.45) is 0 Å². The zero-order chi connectivity index (χ0) is 18.6. The lowest BCUT2D eigenvalue weighted by Gasteiger charge is -2.25. The number of benzene rings is 2. The average molecular weight is 365 g/mol. The van der Waals surface area contributed by atoms with Gasteiger partial charge < -0.3 is 19.5 Å². The van der Waals surface area contributed by atoms with Gasteiger partial charge in [0, 0.05) is 6.07 Å². The van der Waals surface area contributed by atoms with Gasteiger partial charge >= 0.3 is 0 Å². The first-order valence-electron chi connectivity index (χ1n) is 8.57. The molecule has 0 radical (unpaired) electrons. The zero-order valence-electron chi connectivity index (χ0n) is 14.8. The maximum atomic E-state index is 12.6. The van der Waals surface area contributed by atoms with Gasteiger partial charge in [0.15, 0.2) is 11.5 Å². The summed E-state index contributed by atoms with van der Waals surface area (Å²) in [7, 11) is 1.63. The molecular formula is C20H19N3O4. The van der Waals surface area contributed by atoms with Gasteiger partial charge in [-0.3, -0.25) is 4.79 Å². The lowest BCUT2D eigenvalue weighted by atomic mass is 10.2. The summed E-state index contributed by atoms with van der Waals surface area (Å²) in [5.74, 6) is 2.32. The molecular weight excluding hydrogens is 346 g/mol. The van der Waals surface area contributed by atoms with E-state index in [4.69, 9.17) is 14.2 Å². The molecule has 138 valence electrons. The highest BCUT2D eigenvalue weighted by Crippen LogP contribution is 2.31. The zero-order valence-corrected chi connectivity index (χ0v) is 14.8. The van der Waals surface area contributed by atoms with Gasteiger partial charge in [0.2, 0.25) is 6.10 Å². The Kier molecular flexibility index (Phi) is 4.65. The smallest absolute Gasteiger partial charge is 0.270 e. The van der Waals surface area contributed by atoms with Crippen LogP contribution in [0.2, 0.25) is 0 Å². The highest BCUT2D eigenvalue weighted by molar-refractivity contribution is 5.94. The molecule has 1 aromatic heterocycles. The largest absolute Gasteiger partial charge is 0.497 e. The van der Waals surface area contributed by atoms with Crippen LogP contribution in [-0.4, -0.2) is 35.5 Å². The summed E-state index contributed by atoms with van der Waals surface area (Å²) in [5, 5.41) is 7.15. The Bertz CT molecular complexity index is 936. The second kappa shape index (κ2) is 7.41. The summed E-state index contributed by atoms with van der Waals surface area (Å²) >= 11 is 0. The Morgan fingerprint density at radius 1 is 1.19 bits per heavy atom. The molecule has 0 saturated heterocycles. The van der Waals surface area contributed by atoms with Gasteiger partial charge in [0.05, 0.1) is 19.9 Å². The van der Waals surface area contributed by atoms with Crippen molar-refractivity contribution in [3.05, 3.63) is 66.4 Å². The molecule has 0 unspecified atom stereocenters. The second-order valence-electron chi connectivity index (χ2n) is 6.08. The Balaban J connectivity index is 1.43. The average Bonchev–Trinajstić information content (AvgIpc) is 3.14. The number of hydrogen-bond donors (Lipinski definition) is 1. The number of carbonyl (C=O) groups excluding carboxylic acids is 1. The normalized spacial score (nSPS) is 15.2. The number of nitrogens with zero attached hydrogens (tertiary/aromatic N) is 2. The SMILES string of the molecule is COc1ccc(Cn2nccc2NC(=O)[C@H]2COc3ccccc3O2)cc1. The summed E-state index contributed by atoms with van der Waals surface area (Å²) in [4.78, 5) is 12.6. The third-order valence-electron chi connectivity index (χ3n) is 4.26. The Hall–Kier alpha value is -3.48. The molecule has 1 N–H and O–H groups in total. The Morgan fingerprint density at radius 2 is 1.96 bits per heavy atom. The second-order valence-corrected chi connectivity index (χ2v) is 6.08. The third kappa shape index (κ3) is 3.72. The number of amides is 1. The van der Waals surface area contributed by atoms with Crippen molar-refractivity contribution in [2.45, 2.75) is 12.6 Å². The number of aromatic nitrogens is 2. The number of anilines is 1. The van der Waals surface area contributed by atoms with Crippen LogP contribution in [0.25, 0.3) is 0 Å². The van der Waals surface area contributed by atoms with Crippen molar-refractivity contribution in [3.63, 3.8) is 0 Å². The van der Waals surface area contributed by atoms with Crippen molar-refractivity contribution in [2.75, 3.05) is 19.0 Å². The van der Waals surface area contributed by atoms with Crippen LogP contribution in [-0.2, 0) is 11.3 Å². The molecule has 1 amide bonds. The minimum Gasteiger partial charge on any atom is -0.497 e. The van der Waals surface area contributed by atoms with Crippen LogP contribution >= 0.6 is 0 Å². The summed E-state index contributed by atoms with van der Waals surface area (Å²) in [5.41, 5.74) is 1.04. The summed E-state index contributed by atoms with van der Waals surface area (Å²) < 4.78 is 18.2. The highest BCUT2D eigenvalue weighted by atomic mass is 16.6. The number of methoxy groups -OCH3 is 1. The van der Waals surface area contributed by atoms with E-state index in [-0.39, 0.29) is 12.5 Å². The molecule has 4 rings (SSSR count). The number of para-hydroxylation sites is 2. The third-order valence-corrected chi connectivity index (χ3v) is 4.26. The van der Waals surface area contributed by atoms with Crippen LogP contribution in [0.3, 0.4) is 0 Å². The molecule has 0 aliphatic carbocycles. The first-order chi connectivity index (χ1) is 13.2. The first kappa shape index (κ1) is 17.0. The van der Waals surface area contributed by atoms with Crippen molar-refractivity contribution in [1.82, 2.24) is 9.78 Å². The molecule has 27 heavy (non-hydrogen) atoms. The minimum absolute atomic E-state index is 0.162.